The maximum atomic E-state index is 13.0. The molecule has 27 heavy (non-hydrogen) atoms. The van der Waals surface area contributed by atoms with Crippen LogP contribution in [0.1, 0.15) is 31.4 Å². The molecule has 0 radical (unpaired) electrons. The van der Waals surface area contributed by atoms with Crippen molar-refractivity contribution in [3.63, 3.8) is 0 Å². The van der Waals surface area contributed by atoms with Gasteiger partial charge in [-0.05, 0) is 37.8 Å². The molecule has 0 bridgehead atoms. The van der Waals surface area contributed by atoms with E-state index in [2.05, 4.69) is 15.3 Å². The number of halogens is 2. The van der Waals surface area contributed by atoms with Crippen molar-refractivity contribution in [3.8, 4) is 11.3 Å². The van der Waals surface area contributed by atoms with Gasteiger partial charge in [0.15, 0.2) is 0 Å². The minimum atomic E-state index is -2.59. The maximum Gasteiger partial charge on any atom is 0.272 e. The summed E-state index contributed by atoms with van der Waals surface area (Å²) in [6.45, 7) is -0.141. The van der Waals surface area contributed by atoms with Gasteiger partial charge in [-0.15, -0.1) is 0 Å². The molecular weight excluding hydrogens is 356 g/mol. The molecule has 2 aliphatic rings. The summed E-state index contributed by atoms with van der Waals surface area (Å²) in [6.07, 6.45) is 4.55. The van der Waals surface area contributed by atoms with Gasteiger partial charge in [-0.2, -0.15) is 4.98 Å². The smallest absolute Gasteiger partial charge is 0.272 e. The lowest BCUT2D eigenvalue weighted by molar-refractivity contribution is -0.135. The van der Waals surface area contributed by atoms with Crippen molar-refractivity contribution in [2.45, 2.75) is 50.3 Å². The third kappa shape index (κ3) is 4.19. The molecule has 0 unspecified atom stereocenters. The quantitative estimate of drug-likeness (QED) is 0.734. The molecule has 0 aromatic carbocycles. The number of hydrogen-bond donors (Lipinski definition) is 3. The highest BCUT2D eigenvalue weighted by Crippen LogP contribution is 2.32. The monoisotopic (exact) mass is 379 g/mol. The Bertz CT molecular complexity index is 797. The molecule has 2 aromatic rings. The van der Waals surface area contributed by atoms with Gasteiger partial charge in [0.2, 0.25) is 5.95 Å². The highest BCUT2D eigenvalue weighted by Gasteiger charge is 2.43. The van der Waals surface area contributed by atoms with Crippen molar-refractivity contribution < 1.29 is 18.3 Å². The van der Waals surface area contributed by atoms with E-state index in [0.717, 1.165) is 25.7 Å². The van der Waals surface area contributed by atoms with Gasteiger partial charge in [0.1, 0.15) is 17.3 Å². The lowest BCUT2D eigenvalue weighted by Gasteiger charge is -2.37. The largest absolute Gasteiger partial charge is 0.460 e. The van der Waals surface area contributed by atoms with Crippen LogP contribution in [-0.4, -0.2) is 51.1 Å². The Morgan fingerprint density at radius 1 is 1.26 bits per heavy atom. The van der Waals surface area contributed by atoms with Gasteiger partial charge in [-0.1, -0.05) is 0 Å². The number of hydrogen-bond acceptors (Lipinski definition) is 7. The number of alkyl halides is 2. The molecule has 4 rings (SSSR count). The van der Waals surface area contributed by atoms with Crippen molar-refractivity contribution >= 4 is 11.8 Å². The van der Waals surface area contributed by atoms with Crippen LogP contribution in [-0.2, 0) is 6.54 Å². The summed E-state index contributed by atoms with van der Waals surface area (Å²) < 4.78 is 31.8. The predicted octanol–water partition coefficient (Wildman–Crippen LogP) is 2.49. The van der Waals surface area contributed by atoms with E-state index >= 15 is 0 Å². The maximum absolute atomic E-state index is 13.0. The van der Waals surface area contributed by atoms with Crippen molar-refractivity contribution in [1.82, 2.24) is 14.9 Å². The van der Waals surface area contributed by atoms with Crippen molar-refractivity contribution in [2.24, 2.45) is 0 Å². The summed E-state index contributed by atoms with van der Waals surface area (Å²) in [6, 6.07) is 3.76. The first-order valence-corrected chi connectivity index (χ1v) is 9.14. The Balaban J connectivity index is 1.48. The Morgan fingerprint density at radius 3 is 2.70 bits per heavy atom. The van der Waals surface area contributed by atoms with Crippen LogP contribution in [0.4, 0.5) is 20.5 Å². The Hall–Kier alpha value is -2.26. The zero-order valence-electron chi connectivity index (χ0n) is 14.9. The Morgan fingerprint density at radius 2 is 2.00 bits per heavy atom. The Kier molecular flexibility index (Phi) is 4.73. The summed E-state index contributed by atoms with van der Waals surface area (Å²) >= 11 is 0. The zero-order valence-corrected chi connectivity index (χ0v) is 14.9. The van der Waals surface area contributed by atoms with Gasteiger partial charge in [0, 0.05) is 12.2 Å². The molecule has 7 nitrogen and oxygen atoms in total. The summed E-state index contributed by atoms with van der Waals surface area (Å²) in [7, 11) is 0. The molecule has 1 aliphatic carbocycles. The summed E-state index contributed by atoms with van der Waals surface area (Å²) in [4.78, 5) is 9.99. The van der Waals surface area contributed by atoms with E-state index in [4.69, 9.17) is 10.2 Å². The lowest BCUT2D eigenvalue weighted by Crippen LogP contribution is -2.55. The zero-order chi connectivity index (χ0) is 19.0. The molecule has 146 valence electrons. The van der Waals surface area contributed by atoms with Crippen LogP contribution in [0.25, 0.3) is 11.3 Å². The van der Waals surface area contributed by atoms with Crippen LogP contribution in [0.15, 0.2) is 22.7 Å². The lowest BCUT2D eigenvalue weighted by atomic mass is 9.93. The number of nitrogen functional groups attached to an aromatic ring is 1. The standard InChI is InChI=1S/C18H23F2N5O2/c19-18(20)9-25(10-18)8-13-5-6-15(27-13)14-7-22-17(21)24-16(14)23-11-1-3-12(26)4-2-11/h5-7,11-12,26H,1-4,8-10H2,(H3,21,22,23,24). The van der Waals surface area contributed by atoms with Crippen LogP contribution in [0.2, 0.25) is 0 Å². The first-order valence-electron chi connectivity index (χ1n) is 9.14. The number of anilines is 2. The van der Waals surface area contributed by atoms with Crippen LogP contribution in [0.3, 0.4) is 0 Å². The molecule has 2 fully saturated rings. The van der Waals surface area contributed by atoms with Gasteiger partial charge in [-0.3, -0.25) is 4.90 Å². The fraction of sp³-hybridized carbons (Fsp3) is 0.556. The number of rotatable bonds is 5. The number of nitrogens with zero attached hydrogens (tertiary/aromatic N) is 3. The Labute approximate surface area is 155 Å². The highest BCUT2D eigenvalue weighted by atomic mass is 19.3. The summed E-state index contributed by atoms with van der Waals surface area (Å²) in [5.41, 5.74) is 6.42. The average Bonchev–Trinajstić information content (AvgIpc) is 3.04. The number of nitrogens with two attached hydrogens (primary N) is 1. The normalized spacial score (nSPS) is 25.1. The number of nitrogens with one attached hydrogen (secondary N) is 1. The van der Waals surface area contributed by atoms with Crippen LogP contribution in [0, 0.1) is 0 Å². The molecule has 1 aliphatic heterocycles. The SMILES string of the molecule is Nc1ncc(-c2ccc(CN3CC(F)(F)C3)o2)c(NC2CCC(O)CC2)n1. The third-order valence-electron chi connectivity index (χ3n) is 5.06. The molecule has 0 spiro atoms. The first-order chi connectivity index (χ1) is 12.9. The van der Waals surface area contributed by atoms with E-state index in [1.165, 1.54) is 0 Å². The molecule has 0 amide bonds. The minimum absolute atomic E-state index is 0.159. The van der Waals surface area contributed by atoms with Crippen LogP contribution in [0.5, 0.6) is 0 Å². The molecule has 0 atom stereocenters. The van der Waals surface area contributed by atoms with Crippen molar-refractivity contribution in [1.29, 1.82) is 0 Å². The van der Waals surface area contributed by atoms with Gasteiger partial charge < -0.3 is 20.6 Å². The van der Waals surface area contributed by atoms with Gasteiger partial charge >= 0.3 is 0 Å². The highest BCUT2D eigenvalue weighted by molar-refractivity contribution is 5.71. The third-order valence-corrected chi connectivity index (χ3v) is 5.06. The van der Waals surface area contributed by atoms with Crippen molar-refractivity contribution in [3.05, 3.63) is 24.1 Å². The van der Waals surface area contributed by atoms with Crippen molar-refractivity contribution in [2.75, 3.05) is 24.1 Å². The van der Waals surface area contributed by atoms with E-state index < -0.39 is 5.92 Å². The first kappa shape index (κ1) is 18.1. The number of furan rings is 1. The fourth-order valence-electron chi connectivity index (χ4n) is 3.65. The number of aromatic nitrogens is 2. The van der Waals surface area contributed by atoms with Crippen LogP contribution < -0.4 is 11.1 Å². The molecule has 4 N–H and O–H groups in total. The molecule has 1 saturated heterocycles. The molecule has 9 heteroatoms. The second-order valence-corrected chi connectivity index (χ2v) is 7.41. The summed E-state index contributed by atoms with van der Waals surface area (Å²) in [5, 5.41) is 13.0. The number of likely N-dealkylation sites (tertiary alicyclic amines) is 1. The van der Waals surface area contributed by atoms with E-state index in [1.54, 1.807) is 23.2 Å². The van der Waals surface area contributed by atoms with E-state index in [9.17, 15) is 13.9 Å². The van der Waals surface area contributed by atoms with E-state index in [0.29, 0.717) is 29.4 Å². The van der Waals surface area contributed by atoms with Gasteiger partial charge in [-0.25, -0.2) is 13.8 Å². The molecular formula is C18H23F2N5O2. The number of aliphatic hydroxyl groups is 1. The fourth-order valence-corrected chi connectivity index (χ4v) is 3.65. The van der Waals surface area contributed by atoms with Crippen LogP contribution >= 0.6 is 0 Å². The number of aliphatic hydroxyl groups excluding tert-OH is 1. The predicted molar refractivity (Wildman–Crippen MR) is 96.3 cm³/mol. The summed E-state index contributed by atoms with van der Waals surface area (Å²) in [5.74, 6) is -0.670. The minimum Gasteiger partial charge on any atom is -0.460 e. The van der Waals surface area contributed by atoms with E-state index in [-0.39, 0.29) is 31.2 Å². The van der Waals surface area contributed by atoms with E-state index in [1.807, 2.05) is 0 Å². The van der Waals surface area contributed by atoms with Gasteiger partial charge in [0.25, 0.3) is 5.92 Å². The molecule has 1 saturated carbocycles. The second kappa shape index (κ2) is 7.05. The molecule has 2 aromatic heterocycles. The molecule has 3 heterocycles. The van der Waals surface area contributed by atoms with Gasteiger partial charge in [0.05, 0.1) is 31.3 Å². The topological polar surface area (TPSA) is 100 Å². The average molecular weight is 379 g/mol. The second-order valence-electron chi connectivity index (χ2n) is 7.41.